The minimum atomic E-state index is -3.11. The molecule has 10 heteroatoms. The zero-order valence-corrected chi connectivity index (χ0v) is 17.3. The summed E-state index contributed by atoms with van der Waals surface area (Å²) in [4.78, 5) is 30.2. The van der Waals surface area contributed by atoms with Crippen LogP contribution in [0.4, 0.5) is 8.78 Å². The summed E-state index contributed by atoms with van der Waals surface area (Å²) in [7, 11) is 0. The van der Waals surface area contributed by atoms with E-state index in [2.05, 4.69) is 15.4 Å². The Morgan fingerprint density at radius 3 is 2.84 bits per heavy atom. The summed E-state index contributed by atoms with van der Waals surface area (Å²) in [6.45, 7) is 1.34. The molecule has 3 aromatic rings. The van der Waals surface area contributed by atoms with Gasteiger partial charge < -0.3 is 10.2 Å². The summed E-state index contributed by atoms with van der Waals surface area (Å²) in [5, 5.41) is 16.8. The maximum atomic E-state index is 13.6. The molecule has 8 nitrogen and oxygen atoms in total. The zero-order valence-electron chi connectivity index (χ0n) is 17.3. The molecule has 1 atom stereocenters. The summed E-state index contributed by atoms with van der Waals surface area (Å²) >= 11 is 0. The number of aryl methyl sites for hydroxylation is 1. The third-order valence-electron chi connectivity index (χ3n) is 5.48. The predicted molar refractivity (Wildman–Crippen MR) is 112 cm³/mol. The molecule has 3 heterocycles. The summed E-state index contributed by atoms with van der Waals surface area (Å²) in [6.07, 6.45) is 4.04. The lowest BCUT2D eigenvalue weighted by Gasteiger charge is -2.19. The molecule has 1 aliphatic rings. The fourth-order valence-electron chi connectivity index (χ4n) is 3.94. The molecule has 1 N–H and O–H groups in total. The van der Waals surface area contributed by atoms with Gasteiger partial charge in [0.1, 0.15) is 6.04 Å². The molecule has 0 spiro atoms. The molecule has 0 aliphatic carbocycles. The maximum Gasteiger partial charge on any atom is 0.268 e. The number of likely N-dealkylation sites (tertiary alicyclic amines) is 1. The SMILES string of the molecule is CCn1ncc2c(-c3cnccc3C(=O)NCC(=O)N3CC(F)(F)C[C@H]3C#N)cccc21. The van der Waals surface area contributed by atoms with Gasteiger partial charge in [0, 0.05) is 36.3 Å². The molecule has 1 fully saturated rings. The molecule has 0 radical (unpaired) electrons. The van der Waals surface area contributed by atoms with Crippen LogP contribution >= 0.6 is 0 Å². The number of pyridine rings is 1. The van der Waals surface area contributed by atoms with E-state index in [1.165, 1.54) is 12.3 Å². The van der Waals surface area contributed by atoms with E-state index in [4.69, 9.17) is 5.26 Å². The topological polar surface area (TPSA) is 104 Å². The van der Waals surface area contributed by atoms with E-state index in [1.807, 2.05) is 29.8 Å². The minimum absolute atomic E-state index is 0.285. The molecule has 0 bridgehead atoms. The van der Waals surface area contributed by atoms with Gasteiger partial charge in [0.15, 0.2) is 0 Å². The number of carbonyl (C=O) groups excluding carboxylic acids is 2. The number of alkyl halides is 2. The van der Waals surface area contributed by atoms with Gasteiger partial charge in [-0.05, 0) is 24.6 Å². The van der Waals surface area contributed by atoms with Gasteiger partial charge in [-0.3, -0.25) is 19.3 Å². The third kappa shape index (κ3) is 3.89. The molecule has 1 aliphatic heterocycles. The molecule has 1 aromatic carbocycles. The molecule has 164 valence electrons. The number of nitrogens with one attached hydrogen (secondary N) is 1. The van der Waals surface area contributed by atoms with Crippen molar-refractivity contribution in [3.8, 4) is 17.2 Å². The van der Waals surface area contributed by atoms with Crippen molar-refractivity contribution in [2.24, 2.45) is 0 Å². The molecule has 0 saturated carbocycles. The Hall–Kier alpha value is -3.87. The average molecular weight is 438 g/mol. The van der Waals surface area contributed by atoms with Crippen LogP contribution in [0.2, 0.25) is 0 Å². The van der Waals surface area contributed by atoms with Gasteiger partial charge >= 0.3 is 0 Å². The Morgan fingerprint density at radius 2 is 2.09 bits per heavy atom. The average Bonchev–Trinajstić information content (AvgIpc) is 3.36. The quantitative estimate of drug-likeness (QED) is 0.660. The van der Waals surface area contributed by atoms with E-state index >= 15 is 0 Å². The first kappa shape index (κ1) is 21.4. The maximum absolute atomic E-state index is 13.6. The van der Waals surface area contributed by atoms with Crippen LogP contribution in [0.3, 0.4) is 0 Å². The second-order valence-corrected chi connectivity index (χ2v) is 7.53. The highest BCUT2D eigenvalue weighted by atomic mass is 19.3. The normalized spacial score (nSPS) is 17.3. The van der Waals surface area contributed by atoms with Crippen LogP contribution in [-0.4, -0.2) is 56.5 Å². The first-order valence-electron chi connectivity index (χ1n) is 10.1. The highest BCUT2D eigenvalue weighted by Crippen LogP contribution is 2.32. The molecular weight excluding hydrogens is 418 g/mol. The molecule has 2 amide bonds. The van der Waals surface area contributed by atoms with Gasteiger partial charge in [0.2, 0.25) is 5.91 Å². The van der Waals surface area contributed by atoms with Crippen molar-refractivity contribution in [3.05, 3.63) is 48.4 Å². The second kappa shape index (κ2) is 8.34. The third-order valence-corrected chi connectivity index (χ3v) is 5.48. The first-order chi connectivity index (χ1) is 15.3. The van der Waals surface area contributed by atoms with Gasteiger partial charge in [-0.1, -0.05) is 12.1 Å². The van der Waals surface area contributed by atoms with Crippen LogP contribution in [0.5, 0.6) is 0 Å². The number of aromatic nitrogens is 3. The number of amides is 2. The number of fused-ring (bicyclic) bond motifs is 1. The number of benzene rings is 1. The lowest BCUT2D eigenvalue weighted by molar-refractivity contribution is -0.131. The van der Waals surface area contributed by atoms with Gasteiger partial charge in [0.25, 0.3) is 11.8 Å². The summed E-state index contributed by atoms with van der Waals surface area (Å²) in [5.74, 6) is -4.39. The highest BCUT2D eigenvalue weighted by molar-refractivity contribution is 6.05. The number of halogens is 2. The second-order valence-electron chi connectivity index (χ2n) is 7.53. The molecule has 32 heavy (non-hydrogen) atoms. The molecule has 0 unspecified atom stereocenters. The van der Waals surface area contributed by atoms with E-state index in [1.54, 1.807) is 18.5 Å². The van der Waals surface area contributed by atoms with Crippen molar-refractivity contribution >= 4 is 22.7 Å². The fourth-order valence-corrected chi connectivity index (χ4v) is 3.94. The molecule has 2 aromatic heterocycles. The Bertz CT molecular complexity index is 1230. The summed E-state index contributed by atoms with van der Waals surface area (Å²) in [5.41, 5.74) is 2.51. The van der Waals surface area contributed by atoms with Crippen molar-refractivity contribution in [1.29, 1.82) is 5.26 Å². The minimum Gasteiger partial charge on any atom is -0.343 e. The number of nitrogens with zero attached hydrogens (tertiary/aromatic N) is 5. The zero-order chi connectivity index (χ0) is 22.9. The monoisotopic (exact) mass is 438 g/mol. The number of nitriles is 1. The van der Waals surface area contributed by atoms with E-state index in [9.17, 15) is 18.4 Å². The smallest absolute Gasteiger partial charge is 0.268 e. The Kier molecular flexibility index (Phi) is 5.57. The van der Waals surface area contributed by atoms with Crippen LogP contribution in [0, 0.1) is 11.3 Å². The fraction of sp³-hybridized carbons (Fsp3) is 0.318. The van der Waals surface area contributed by atoms with E-state index < -0.39 is 43.3 Å². The first-order valence-corrected chi connectivity index (χ1v) is 10.1. The van der Waals surface area contributed by atoms with Crippen LogP contribution < -0.4 is 5.32 Å². The van der Waals surface area contributed by atoms with Gasteiger partial charge in [0.05, 0.1) is 36.4 Å². The van der Waals surface area contributed by atoms with Crippen molar-refractivity contribution in [2.75, 3.05) is 13.1 Å². The number of hydrogen-bond acceptors (Lipinski definition) is 5. The van der Waals surface area contributed by atoms with Gasteiger partial charge in [-0.15, -0.1) is 0 Å². The highest BCUT2D eigenvalue weighted by Gasteiger charge is 2.47. The van der Waals surface area contributed by atoms with E-state index in [0.29, 0.717) is 12.1 Å². The van der Waals surface area contributed by atoms with Gasteiger partial charge in [-0.25, -0.2) is 8.78 Å². The Morgan fingerprint density at radius 1 is 1.28 bits per heavy atom. The van der Waals surface area contributed by atoms with E-state index in [0.717, 1.165) is 21.4 Å². The Labute approximate surface area is 182 Å². The summed E-state index contributed by atoms with van der Waals surface area (Å²) < 4.78 is 29.0. The van der Waals surface area contributed by atoms with Crippen LogP contribution in [0.15, 0.2) is 42.9 Å². The summed E-state index contributed by atoms with van der Waals surface area (Å²) in [6, 6.07) is 7.69. The number of rotatable bonds is 5. The van der Waals surface area contributed by atoms with Gasteiger partial charge in [-0.2, -0.15) is 10.4 Å². The largest absolute Gasteiger partial charge is 0.343 e. The molecular formula is C22H20F2N6O2. The lowest BCUT2D eigenvalue weighted by atomic mass is 9.98. The van der Waals surface area contributed by atoms with Crippen molar-refractivity contribution < 1.29 is 18.4 Å². The Balaban J connectivity index is 1.56. The predicted octanol–water partition coefficient (Wildman–Crippen LogP) is 2.61. The van der Waals surface area contributed by atoms with Crippen molar-refractivity contribution in [2.45, 2.75) is 31.9 Å². The van der Waals surface area contributed by atoms with E-state index in [-0.39, 0.29) is 5.56 Å². The standard InChI is InChI=1S/C22H20F2N6O2/c1-2-30-19-5-3-4-15(18(19)11-28-30)17-10-26-7-6-16(17)21(32)27-12-20(31)29-13-22(23,24)8-14(29)9-25/h3-7,10-11,14H,2,8,12-13H2,1H3,(H,27,32)/t14-/m0/s1. The van der Waals surface area contributed by atoms with Crippen LogP contribution in [0.1, 0.15) is 23.7 Å². The van der Waals surface area contributed by atoms with Crippen molar-refractivity contribution in [3.63, 3.8) is 0 Å². The molecule has 4 rings (SSSR count). The number of carbonyl (C=O) groups is 2. The lowest BCUT2D eigenvalue weighted by Crippen LogP contribution is -2.43. The van der Waals surface area contributed by atoms with Crippen molar-refractivity contribution in [1.82, 2.24) is 25.0 Å². The molecule has 1 saturated heterocycles. The van der Waals surface area contributed by atoms with Crippen LogP contribution in [0.25, 0.3) is 22.0 Å². The van der Waals surface area contributed by atoms with Crippen LogP contribution in [-0.2, 0) is 11.3 Å². The number of hydrogen-bond donors (Lipinski definition) is 1.